The van der Waals surface area contributed by atoms with E-state index >= 15 is 0 Å². The number of rotatable bonds is 6. The number of nitrogens with zero attached hydrogens (tertiary/aromatic N) is 6. The third kappa shape index (κ3) is 3.03. The van der Waals surface area contributed by atoms with E-state index in [2.05, 4.69) is 31.2 Å². The first kappa shape index (κ1) is 14.8. The molecule has 0 radical (unpaired) electrons. The summed E-state index contributed by atoms with van der Waals surface area (Å²) in [5, 5.41) is 13.2. The van der Waals surface area contributed by atoms with Crippen LogP contribution in [0.15, 0.2) is 12.4 Å². The Kier molecular flexibility index (Phi) is 3.90. The average molecular weight is 316 g/mol. The van der Waals surface area contributed by atoms with Crippen molar-refractivity contribution in [3.63, 3.8) is 0 Å². The van der Waals surface area contributed by atoms with Crippen molar-refractivity contribution in [2.75, 3.05) is 20.3 Å². The Bertz CT molecular complexity index is 674. The molecular weight excluding hydrogens is 292 g/mol. The van der Waals surface area contributed by atoms with Crippen molar-refractivity contribution in [2.45, 2.75) is 38.4 Å². The van der Waals surface area contributed by atoms with E-state index in [0.29, 0.717) is 6.61 Å². The van der Waals surface area contributed by atoms with E-state index in [0.717, 1.165) is 37.7 Å². The summed E-state index contributed by atoms with van der Waals surface area (Å²) < 4.78 is 9.46. The molecule has 3 heterocycles. The van der Waals surface area contributed by atoms with Crippen molar-refractivity contribution in [3.05, 3.63) is 29.3 Å². The van der Waals surface area contributed by atoms with Crippen LogP contribution in [0.25, 0.3) is 0 Å². The molecule has 4 rings (SSSR count). The smallest absolute Gasteiger partial charge is 0.105 e. The third-order valence-corrected chi connectivity index (χ3v) is 4.86. The molecule has 2 aliphatic rings. The zero-order valence-corrected chi connectivity index (χ0v) is 13.9. The van der Waals surface area contributed by atoms with Crippen LogP contribution in [-0.4, -0.2) is 49.9 Å². The number of methoxy groups -OCH3 is 1. The van der Waals surface area contributed by atoms with Crippen molar-refractivity contribution >= 4 is 0 Å². The summed E-state index contributed by atoms with van der Waals surface area (Å²) in [6, 6.07) is 0.178. The van der Waals surface area contributed by atoms with Gasteiger partial charge in [0.2, 0.25) is 0 Å². The Morgan fingerprint density at radius 2 is 2.22 bits per heavy atom. The van der Waals surface area contributed by atoms with Gasteiger partial charge in [-0.3, -0.25) is 9.58 Å². The molecule has 2 aromatic heterocycles. The molecule has 124 valence electrons. The SMILES string of the molecule is COC[C@@H]1c2nnn(CC3CC3)c2CCN1Cc1cnn(C)c1. The molecule has 1 saturated carbocycles. The summed E-state index contributed by atoms with van der Waals surface area (Å²) >= 11 is 0. The quantitative estimate of drug-likeness (QED) is 0.800. The molecule has 0 spiro atoms. The highest BCUT2D eigenvalue weighted by atomic mass is 16.5. The van der Waals surface area contributed by atoms with Gasteiger partial charge in [0.05, 0.1) is 24.5 Å². The molecule has 2 aromatic rings. The fourth-order valence-electron chi connectivity index (χ4n) is 3.45. The van der Waals surface area contributed by atoms with Gasteiger partial charge in [-0.2, -0.15) is 5.10 Å². The van der Waals surface area contributed by atoms with Gasteiger partial charge >= 0.3 is 0 Å². The maximum absolute atomic E-state index is 5.47. The summed E-state index contributed by atoms with van der Waals surface area (Å²) in [6.07, 6.45) is 7.69. The fraction of sp³-hybridized carbons (Fsp3) is 0.688. The number of aromatic nitrogens is 5. The zero-order chi connectivity index (χ0) is 15.8. The molecule has 7 nitrogen and oxygen atoms in total. The van der Waals surface area contributed by atoms with Gasteiger partial charge in [-0.25, -0.2) is 4.68 Å². The Morgan fingerprint density at radius 3 is 2.91 bits per heavy atom. The lowest BCUT2D eigenvalue weighted by Crippen LogP contribution is -2.38. The summed E-state index contributed by atoms with van der Waals surface area (Å²) in [4.78, 5) is 2.43. The largest absolute Gasteiger partial charge is 0.383 e. The summed E-state index contributed by atoms with van der Waals surface area (Å²) in [6.45, 7) is 3.56. The molecule has 1 aliphatic carbocycles. The third-order valence-electron chi connectivity index (χ3n) is 4.86. The van der Waals surface area contributed by atoms with E-state index in [1.165, 1.54) is 24.1 Å². The number of ether oxygens (including phenoxy) is 1. The zero-order valence-electron chi connectivity index (χ0n) is 13.9. The number of hydrogen-bond acceptors (Lipinski definition) is 5. The maximum Gasteiger partial charge on any atom is 0.105 e. The Hall–Kier alpha value is -1.73. The lowest BCUT2D eigenvalue weighted by molar-refractivity contribution is 0.0749. The Morgan fingerprint density at radius 1 is 1.35 bits per heavy atom. The molecule has 0 saturated heterocycles. The van der Waals surface area contributed by atoms with Crippen molar-refractivity contribution in [2.24, 2.45) is 13.0 Å². The minimum atomic E-state index is 0.178. The normalized spacial score (nSPS) is 21.6. The van der Waals surface area contributed by atoms with E-state index in [1.54, 1.807) is 7.11 Å². The molecule has 0 N–H and O–H groups in total. The second kappa shape index (κ2) is 6.05. The molecular formula is C16H24N6O. The van der Waals surface area contributed by atoms with Gasteiger partial charge in [0, 0.05) is 52.0 Å². The van der Waals surface area contributed by atoms with Gasteiger partial charge in [0.25, 0.3) is 0 Å². The fourth-order valence-corrected chi connectivity index (χ4v) is 3.45. The maximum atomic E-state index is 5.47. The van der Waals surface area contributed by atoms with Crippen LogP contribution >= 0.6 is 0 Å². The second-order valence-corrected chi connectivity index (χ2v) is 6.76. The lowest BCUT2D eigenvalue weighted by Gasteiger charge is -2.34. The van der Waals surface area contributed by atoms with Crippen molar-refractivity contribution in [3.8, 4) is 0 Å². The van der Waals surface area contributed by atoms with Crippen LogP contribution in [0.2, 0.25) is 0 Å². The topological polar surface area (TPSA) is 61.0 Å². The minimum Gasteiger partial charge on any atom is -0.383 e. The van der Waals surface area contributed by atoms with E-state index in [1.807, 2.05) is 17.9 Å². The Balaban J connectivity index is 1.56. The van der Waals surface area contributed by atoms with E-state index < -0.39 is 0 Å². The highest BCUT2D eigenvalue weighted by molar-refractivity contribution is 5.20. The molecule has 23 heavy (non-hydrogen) atoms. The van der Waals surface area contributed by atoms with Crippen molar-refractivity contribution < 1.29 is 4.74 Å². The second-order valence-electron chi connectivity index (χ2n) is 6.76. The molecule has 7 heteroatoms. The van der Waals surface area contributed by atoms with Gasteiger partial charge < -0.3 is 4.74 Å². The predicted octanol–water partition coefficient (Wildman–Crippen LogP) is 1.17. The summed E-state index contributed by atoms with van der Waals surface area (Å²) in [5.41, 5.74) is 3.63. The highest BCUT2D eigenvalue weighted by Crippen LogP contribution is 2.34. The van der Waals surface area contributed by atoms with Crippen LogP contribution in [0.1, 0.15) is 35.8 Å². The first-order valence-corrected chi connectivity index (χ1v) is 8.37. The summed E-state index contributed by atoms with van der Waals surface area (Å²) in [5.74, 6) is 0.815. The van der Waals surface area contributed by atoms with Gasteiger partial charge in [0.1, 0.15) is 5.69 Å². The van der Waals surface area contributed by atoms with Crippen molar-refractivity contribution in [1.82, 2.24) is 29.7 Å². The predicted molar refractivity (Wildman–Crippen MR) is 84.7 cm³/mol. The number of aryl methyl sites for hydroxylation is 1. The molecule has 1 fully saturated rings. The standard InChI is InChI=1S/C16H24N6O/c1-20-8-13(7-17-20)9-21-6-5-14-16(15(21)11-23-2)18-19-22(14)10-12-3-4-12/h7-8,12,15H,3-6,9-11H2,1-2H3/t15-/m1/s1. The highest BCUT2D eigenvalue weighted by Gasteiger charge is 2.33. The average Bonchev–Trinajstić information content (AvgIpc) is 3.12. The lowest BCUT2D eigenvalue weighted by atomic mass is 10.0. The van der Waals surface area contributed by atoms with Gasteiger partial charge in [-0.15, -0.1) is 5.10 Å². The number of hydrogen-bond donors (Lipinski definition) is 0. The Labute approximate surface area is 136 Å². The van der Waals surface area contributed by atoms with E-state index in [4.69, 9.17) is 4.74 Å². The molecule has 0 unspecified atom stereocenters. The van der Waals surface area contributed by atoms with Gasteiger partial charge in [-0.1, -0.05) is 5.21 Å². The van der Waals surface area contributed by atoms with Crippen LogP contribution < -0.4 is 0 Å². The van der Waals surface area contributed by atoms with Gasteiger partial charge in [0.15, 0.2) is 0 Å². The van der Waals surface area contributed by atoms with Crippen LogP contribution in [0.4, 0.5) is 0 Å². The van der Waals surface area contributed by atoms with Crippen LogP contribution in [-0.2, 0) is 31.3 Å². The van der Waals surface area contributed by atoms with Crippen molar-refractivity contribution in [1.29, 1.82) is 0 Å². The van der Waals surface area contributed by atoms with Crippen LogP contribution in [0.5, 0.6) is 0 Å². The van der Waals surface area contributed by atoms with Gasteiger partial charge in [-0.05, 0) is 18.8 Å². The first-order valence-electron chi connectivity index (χ1n) is 8.37. The molecule has 0 bridgehead atoms. The number of fused-ring (bicyclic) bond motifs is 1. The minimum absolute atomic E-state index is 0.178. The summed E-state index contributed by atoms with van der Waals surface area (Å²) in [7, 11) is 3.71. The molecule has 1 aliphatic heterocycles. The van der Waals surface area contributed by atoms with Crippen LogP contribution in [0.3, 0.4) is 0 Å². The van der Waals surface area contributed by atoms with E-state index in [-0.39, 0.29) is 6.04 Å². The molecule has 1 atom stereocenters. The molecule has 0 aromatic carbocycles. The van der Waals surface area contributed by atoms with Crippen LogP contribution in [0, 0.1) is 5.92 Å². The van der Waals surface area contributed by atoms with E-state index in [9.17, 15) is 0 Å². The molecule has 0 amide bonds. The monoisotopic (exact) mass is 316 g/mol. The first-order chi connectivity index (χ1) is 11.2.